The Hall–Kier alpha value is -2.42. The number of rotatable bonds is 3. The average molecular weight is 349 g/mol. The van der Waals surface area contributed by atoms with Gasteiger partial charge >= 0.3 is 6.03 Å². The Bertz CT molecular complexity index is 732. The highest BCUT2D eigenvalue weighted by molar-refractivity contribution is 7.99. The molecule has 0 bridgehead atoms. The van der Waals surface area contributed by atoms with Crippen LogP contribution < -0.4 is 20.1 Å². The number of thioether (sulfide) groups is 1. The SMILES string of the molecule is O=C(CN1C(=O)N[C@@]2(CCSC2)C1=O)Nc1ccc2c(c1)OCO2. The van der Waals surface area contributed by atoms with Crippen molar-refractivity contribution in [1.82, 2.24) is 10.2 Å². The molecule has 2 saturated heterocycles. The number of ether oxygens (including phenoxy) is 2. The largest absolute Gasteiger partial charge is 0.454 e. The second-order valence-corrected chi connectivity index (χ2v) is 6.93. The van der Waals surface area contributed by atoms with Gasteiger partial charge in [0.15, 0.2) is 11.5 Å². The van der Waals surface area contributed by atoms with Crippen LogP contribution in [-0.4, -0.2) is 53.1 Å². The van der Waals surface area contributed by atoms with Gasteiger partial charge in [-0.1, -0.05) is 0 Å². The van der Waals surface area contributed by atoms with Crippen LogP contribution >= 0.6 is 11.8 Å². The Balaban J connectivity index is 1.43. The normalized spacial score (nSPS) is 24.6. The summed E-state index contributed by atoms with van der Waals surface area (Å²) in [5.74, 6) is 1.77. The van der Waals surface area contributed by atoms with Gasteiger partial charge in [0.25, 0.3) is 5.91 Å². The van der Waals surface area contributed by atoms with Gasteiger partial charge in [0.05, 0.1) is 0 Å². The molecule has 3 aliphatic rings. The highest BCUT2D eigenvalue weighted by atomic mass is 32.2. The molecule has 0 saturated carbocycles. The summed E-state index contributed by atoms with van der Waals surface area (Å²) in [5, 5.41) is 5.40. The smallest absolute Gasteiger partial charge is 0.325 e. The first-order chi connectivity index (χ1) is 11.6. The number of carbonyl (C=O) groups excluding carboxylic acids is 3. The molecule has 1 aromatic rings. The molecule has 0 radical (unpaired) electrons. The summed E-state index contributed by atoms with van der Waals surface area (Å²) >= 11 is 1.62. The van der Waals surface area contributed by atoms with E-state index in [9.17, 15) is 14.4 Å². The maximum absolute atomic E-state index is 12.5. The summed E-state index contributed by atoms with van der Waals surface area (Å²) in [7, 11) is 0. The Morgan fingerprint density at radius 2 is 2.17 bits per heavy atom. The van der Waals surface area contributed by atoms with Gasteiger partial charge in [-0.15, -0.1) is 0 Å². The van der Waals surface area contributed by atoms with Crippen molar-refractivity contribution in [1.29, 1.82) is 0 Å². The van der Waals surface area contributed by atoms with E-state index in [1.165, 1.54) is 0 Å². The summed E-state index contributed by atoms with van der Waals surface area (Å²) < 4.78 is 10.5. The number of nitrogens with zero attached hydrogens (tertiary/aromatic N) is 1. The molecule has 8 nitrogen and oxygen atoms in total. The van der Waals surface area contributed by atoms with Crippen LogP contribution in [0.5, 0.6) is 11.5 Å². The predicted octanol–water partition coefficient (Wildman–Crippen LogP) is 0.781. The summed E-state index contributed by atoms with van der Waals surface area (Å²) in [6.45, 7) is -0.166. The molecule has 0 aromatic heterocycles. The van der Waals surface area contributed by atoms with Crippen LogP contribution in [0.1, 0.15) is 6.42 Å². The molecule has 3 heterocycles. The lowest BCUT2D eigenvalue weighted by atomic mass is 9.99. The van der Waals surface area contributed by atoms with Crippen molar-refractivity contribution in [3.8, 4) is 11.5 Å². The third-order valence-electron chi connectivity index (χ3n) is 4.23. The molecule has 126 valence electrons. The highest BCUT2D eigenvalue weighted by Gasteiger charge is 2.53. The molecule has 4 amide bonds. The van der Waals surface area contributed by atoms with E-state index in [0.717, 1.165) is 10.7 Å². The van der Waals surface area contributed by atoms with Crippen LogP contribution in [0.2, 0.25) is 0 Å². The molecule has 2 N–H and O–H groups in total. The fourth-order valence-electron chi connectivity index (χ4n) is 2.97. The minimum absolute atomic E-state index is 0.148. The number of amides is 4. The average Bonchev–Trinajstić information content (AvgIpc) is 3.25. The van der Waals surface area contributed by atoms with Crippen molar-refractivity contribution in [2.45, 2.75) is 12.0 Å². The van der Waals surface area contributed by atoms with E-state index < -0.39 is 17.5 Å². The van der Waals surface area contributed by atoms with Crippen molar-refractivity contribution in [2.24, 2.45) is 0 Å². The van der Waals surface area contributed by atoms with Crippen molar-refractivity contribution >= 4 is 35.3 Å². The number of nitrogens with one attached hydrogen (secondary N) is 2. The topological polar surface area (TPSA) is 97.0 Å². The van der Waals surface area contributed by atoms with E-state index in [2.05, 4.69) is 10.6 Å². The van der Waals surface area contributed by atoms with Gasteiger partial charge in [0.2, 0.25) is 12.7 Å². The number of anilines is 1. The van der Waals surface area contributed by atoms with Crippen LogP contribution in [0.15, 0.2) is 18.2 Å². The predicted molar refractivity (Wildman–Crippen MR) is 86.1 cm³/mol. The maximum atomic E-state index is 12.5. The van der Waals surface area contributed by atoms with Crippen molar-refractivity contribution < 1.29 is 23.9 Å². The van der Waals surface area contributed by atoms with Gasteiger partial charge in [-0.2, -0.15) is 11.8 Å². The fourth-order valence-corrected chi connectivity index (χ4v) is 4.30. The number of benzene rings is 1. The maximum Gasteiger partial charge on any atom is 0.325 e. The van der Waals surface area contributed by atoms with Gasteiger partial charge < -0.3 is 20.1 Å². The lowest BCUT2D eigenvalue weighted by Crippen LogP contribution is -2.47. The number of hydrogen-bond donors (Lipinski definition) is 2. The molecule has 1 atom stereocenters. The van der Waals surface area contributed by atoms with Crippen LogP contribution in [0, 0.1) is 0 Å². The first-order valence-corrected chi connectivity index (χ1v) is 8.64. The number of carbonyl (C=O) groups is 3. The van der Waals surface area contributed by atoms with Crippen molar-refractivity contribution in [3.63, 3.8) is 0 Å². The van der Waals surface area contributed by atoms with E-state index in [1.807, 2.05) is 0 Å². The summed E-state index contributed by atoms with van der Waals surface area (Å²) in [6.07, 6.45) is 0.600. The fraction of sp³-hybridized carbons (Fsp3) is 0.400. The highest BCUT2D eigenvalue weighted by Crippen LogP contribution is 2.35. The van der Waals surface area contributed by atoms with Crippen LogP contribution in [0.4, 0.5) is 10.5 Å². The molecule has 0 aliphatic carbocycles. The molecule has 2 fully saturated rings. The first kappa shape index (κ1) is 15.1. The van der Waals surface area contributed by atoms with Crippen molar-refractivity contribution in [2.75, 3.05) is 30.2 Å². The second-order valence-electron chi connectivity index (χ2n) is 5.82. The summed E-state index contributed by atoms with van der Waals surface area (Å²) in [6, 6.07) is 4.49. The molecular weight excluding hydrogens is 334 g/mol. The first-order valence-electron chi connectivity index (χ1n) is 7.49. The monoisotopic (exact) mass is 349 g/mol. The van der Waals surface area contributed by atoms with Crippen LogP contribution in [0.3, 0.4) is 0 Å². The molecule has 1 spiro atoms. The third-order valence-corrected chi connectivity index (χ3v) is 5.42. The lowest BCUT2D eigenvalue weighted by Gasteiger charge is -2.19. The van der Waals surface area contributed by atoms with Gasteiger partial charge in [0, 0.05) is 17.5 Å². The molecule has 9 heteroatoms. The lowest BCUT2D eigenvalue weighted by molar-refractivity contribution is -0.133. The van der Waals surface area contributed by atoms with Gasteiger partial charge in [0.1, 0.15) is 12.1 Å². The van der Waals surface area contributed by atoms with E-state index in [-0.39, 0.29) is 19.2 Å². The van der Waals surface area contributed by atoms with E-state index in [0.29, 0.717) is 29.4 Å². The minimum Gasteiger partial charge on any atom is -0.454 e. The quantitative estimate of drug-likeness (QED) is 0.783. The Kier molecular flexibility index (Phi) is 3.52. The zero-order chi connectivity index (χ0) is 16.7. The Morgan fingerprint density at radius 3 is 2.96 bits per heavy atom. The minimum atomic E-state index is -0.833. The van der Waals surface area contributed by atoms with Crippen LogP contribution in [-0.2, 0) is 9.59 Å². The van der Waals surface area contributed by atoms with Crippen molar-refractivity contribution in [3.05, 3.63) is 18.2 Å². The Labute approximate surface area is 141 Å². The molecule has 24 heavy (non-hydrogen) atoms. The zero-order valence-electron chi connectivity index (χ0n) is 12.7. The Morgan fingerprint density at radius 1 is 1.33 bits per heavy atom. The van der Waals surface area contributed by atoms with Crippen LogP contribution in [0.25, 0.3) is 0 Å². The van der Waals surface area contributed by atoms with Gasteiger partial charge in [-0.3, -0.25) is 14.5 Å². The van der Waals surface area contributed by atoms with E-state index >= 15 is 0 Å². The second kappa shape index (κ2) is 5.59. The zero-order valence-corrected chi connectivity index (χ0v) is 13.5. The third kappa shape index (κ3) is 2.44. The number of urea groups is 1. The number of fused-ring (bicyclic) bond motifs is 1. The number of hydrogen-bond acceptors (Lipinski definition) is 6. The van der Waals surface area contributed by atoms with Gasteiger partial charge in [-0.05, 0) is 24.3 Å². The molecule has 0 unspecified atom stereocenters. The molecular formula is C15H15N3O5S. The standard InChI is InChI=1S/C15H15N3O5S/c19-12(16-9-1-2-10-11(5-9)23-8-22-10)6-18-13(20)15(17-14(18)21)3-4-24-7-15/h1-2,5H,3-4,6-8H2,(H,16,19)(H,17,21)/t15-/m1/s1. The van der Waals surface area contributed by atoms with Gasteiger partial charge in [-0.25, -0.2) is 4.79 Å². The summed E-state index contributed by atoms with van der Waals surface area (Å²) in [5.41, 5.74) is -0.316. The number of imide groups is 1. The summed E-state index contributed by atoms with van der Waals surface area (Å²) in [4.78, 5) is 37.7. The van der Waals surface area contributed by atoms with E-state index in [1.54, 1.807) is 30.0 Å². The van der Waals surface area contributed by atoms with E-state index in [4.69, 9.17) is 9.47 Å². The molecule has 4 rings (SSSR count). The molecule has 3 aliphatic heterocycles. The molecule has 1 aromatic carbocycles.